The molecule has 0 spiro atoms. The van der Waals surface area contributed by atoms with Crippen LogP contribution in [0.4, 0.5) is 0 Å². The minimum absolute atomic E-state index is 0. The molecule has 0 bridgehead atoms. The molecular formula is C12H24ClN3O2. The lowest BCUT2D eigenvalue weighted by Gasteiger charge is -2.31. The Kier molecular flexibility index (Phi) is 5.62. The fourth-order valence-corrected chi connectivity index (χ4v) is 2.05. The minimum Gasteiger partial charge on any atom is -0.358 e. The lowest BCUT2D eigenvalue weighted by molar-refractivity contribution is -0.144. The number of carbonyl (C=O) groups excluding carboxylic acids is 2. The Hall–Kier alpha value is -0.810. The van der Waals surface area contributed by atoms with Gasteiger partial charge < -0.3 is 16.0 Å². The molecule has 0 aliphatic heterocycles. The summed E-state index contributed by atoms with van der Waals surface area (Å²) in [4.78, 5) is 25.6. The Labute approximate surface area is 115 Å². The van der Waals surface area contributed by atoms with E-state index in [9.17, 15) is 9.59 Å². The molecule has 1 fully saturated rings. The van der Waals surface area contributed by atoms with Crippen molar-refractivity contribution in [2.75, 3.05) is 27.2 Å². The van der Waals surface area contributed by atoms with E-state index in [1.807, 2.05) is 13.8 Å². The first-order chi connectivity index (χ1) is 7.79. The van der Waals surface area contributed by atoms with E-state index in [0.29, 0.717) is 25.9 Å². The molecule has 0 atom stereocenters. The Bertz CT molecular complexity index is 327. The molecule has 1 aliphatic rings. The van der Waals surface area contributed by atoms with E-state index < -0.39 is 5.41 Å². The predicted octanol–water partition coefficient (Wildman–Crippen LogP) is 0.378. The number of nitrogens with two attached hydrogens (primary N) is 1. The molecule has 0 unspecified atom stereocenters. The van der Waals surface area contributed by atoms with Crippen LogP contribution in [0.15, 0.2) is 0 Å². The van der Waals surface area contributed by atoms with E-state index in [1.165, 1.54) is 0 Å². The van der Waals surface area contributed by atoms with Gasteiger partial charge in [-0.05, 0) is 24.8 Å². The SMILES string of the molecule is CNC(=O)C1(C(=O)N(C)CC(C)(C)CN)CC1.Cl. The number of hydrogen-bond donors (Lipinski definition) is 2. The van der Waals surface area contributed by atoms with Crippen LogP contribution in [0.1, 0.15) is 26.7 Å². The topological polar surface area (TPSA) is 75.4 Å². The predicted molar refractivity (Wildman–Crippen MR) is 73.5 cm³/mol. The number of hydrogen-bond acceptors (Lipinski definition) is 3. The molecule has 0 aromatic heterocycles. The molecule has 106 valence electrons. The number of amides is 2. The highest BCUT2D eigenvalue weighted by Crippen LogP contribution is 2.47. The van der Waals surface area contributed by atoms with Gasteiger partial charge in [0.1, 0.15) is 5.41 Å². The van der Waals surface area contributed by atoms with Crippen molar-refractivity contribution in [3.63, 3.8) is 0 Å². The smallest absolute Gasteiger partial charge is 0.238 e. The zero-order chi connectivity index (χ0) is 13.3. The fraction of sp³-hybridized carbons (Fsp3) is 0.833. The fourth-order valence-electron chi connectivity index (χ4n) is 2.05. The maximum atomic E-state index is 12.2. The van der Waals surface area contributed by atoms with E-state index in [0.717, 1.165) is 0 Å². The monoisotopic (exact) mass is 277 g/mol. The number of carbonyl (C=O) groups is 2. The second-order valence-electron chi connectivity index (χ2n) is 5.69. The van der Waals surface area contributed by atoms with Crippen LogP contribution >= 0.6 is 12.4 Å². The molecule has 0 radical (unpaired) electrons. The maximum absolute atomic E-state index is 12.2. The van der Waals surface area contributed by atoms with E-state index in [4.69, 9.17) is 5.73 Å². The van der Waals surface area contributed by atoms with Gasteiger partial charge in [0.05, 0.1) is 0 Å². The van der Waals surface area contributed by atoms with Crippen molar-refractivity contribution >= 4 is 24.2 Å². The van der Waals surface area contributed by atoms with E-state index in [-0.39, 0.29) is 29.6 Å². The zero-order valence-corrected chi connectivity index (χ0v) is 12.4. The summed E-state index contributed by atoms with van der Waals surface area (Å²) >= 11 is 0. The Morgan fingerprint density at radius 1 is 1.39 bits per heavy atom. The van der Waals surface area contributed by atoms with E-state index in [1.54, 1.807) is 19.0 Å². The van der Waals surface area contributed by atoms with Crippen LogP contribution in [-0.2, 0) is 9.59 Å². The molecular weight excluding hydrogens is 254 g/mol. The van der Waals surface area contributed by atoms with Crippen molar-refractivity contribution in [3.05, 3.63) is 0 Å². The summed E-state index contributed by atoms with van der Waals surface area (Å²) in [5, 5.41) is 2.57. The summed E-state index contributed by atoms with van der Waals surface area (Å²) in [5.74, 6) is -0.252. The average Bonchev–Trinajstić information content (AvgIpc) is 3.07. The molecule has 0 aromatic rings. The van der Waals surface area contributed by atoms with Gasteiger partial charge in [0.25, 0.3) is 0 Å². The summed E-state index contributed by atoms with van der Waals surface area (Å²) < 4.78 is 0. The normalized spacial score (nSPS) is 16.5. The highest BCUT2D eigenvalue weighted by molar-refractivity contribution is 6.07. The lowest BCUT2D eigenvalue weighted by atomic mass is 9.92. The second-order valence-corrected chi connectivity index (χ2v) is 5.69. The van der Waals surface area contributed by atoms with Crippen LogP contribution in [0, 0.1) is 10.8 Å². The maximum Gasteiger partial charge on any atom is 0.238 e. The minimum atomic E-state index is -0.797. The van der Waals surface area contributed by atoms with Crippen molar-refractivity contribution in [3.8, 4) is 0 Å². The van der Waals surface area contributed by atoms with Gasteiger partial charge in [-0.1, -0.05) is 13.8 Å². The highest BCUT2D eigenvalue weighted by Gasteiger charge is 2.57. The lowest BCUT2D eigenvalue weighted by Crippen LogP contribution is -2.47. The van der Waals surface area contributed by atoms with Gasteiger partial charge in [-0.2, -0.15) is 0 Å². The molecule has 1 saturated carbocycles. The average molecular weight is 278 g/mol. The zero-order valence-electron chi connectivity index (χ0n) is 11.6. The van der Waals surface area contributed by atoms with Crippen molar-refractivity contribution in [1.82, 2.24) is 10.2 Å². The summed E-state index contributed by atoms with van der Waals surface area (Å²) in [6, 6.07) is 0. The highest BCUT2D eigenvalue weighted by atomic mass is 35.5. The number of rotatable bonds is 5. The van der Waals surface area contributed by atoms with Crippen LogP contribution in [-0.4, -0.2) is 43.9 Å². The van der Waals surface area contributed by atoms with Crippen LogP contribution < -0.4 is 11.1 Å². The molecule has 6 heteroatoms. The third kappa shape index (κ3) is 3.36. The van der Waals surface area contributed by atoms with Crippen LogP contribution in [0.5, 0.6) is 0 Å². The molecule has 1 rings (SSSR count). The van der Waals surface area contributed by atoms with Crippen LogP contribution in [0.2, 0.25) is 0 Å². The Balaban J connectivity index is 0.00000289. The van der Waals surface area contributed by atoms with Crippen molar-refractivity contribution in [2.24, 2.45) is 16.6 Å². The van der Waals surface area contributed by atoms with Gasteiger partial charge in [-0.3, -0.25) is 9.59 Å². The summed E-state index contributed by atoms with van der Waals surface area (Å²) in [5.41, 5.74) is 4.73. The van der Waals surface area contributed by atoms with Gasteiger partial charge in [0.15, 0.2) is 0 Å². The second kappa shape index (κ2) is 5.89. The number of halogens is 1. The van der Waals surface area contributed by atoms with Crippen molar-refractivity contribution < 1.29 is 9.59 Å². The van der Waals surface area contributed by atoms with Crippen LogP contribution in [0.25, 0.3) is 0 Å². The van der Waals surface area contributed by atoms with Crippen molar-refractivity contribution in [1.29, 1.82) is 0 Å². The molecule has 0 heterocycles. The first-order valence-electron chi connectivity index (χ1n) is 5.97. The summed E-state index contributed by atoms with van der Waals surface area (Å²) in [7, 11) is 3.31. The van der Waals surface area contributed by atoms with Gasteiger partial charge in [0.2, 0.25) is 11.8 Å². The molecule has 0 aromatic carbocycles. The molecule has 1 aliphatic carbocycles. The summed E-state index contributed by atoms with van der Waals surface area (Å²) in [6.07, 6.45) is 1.30. The largest absolute Gasteiger partial charge is 0.358 e. The molecule has 18 heavy (non-hydrogen) atoms. The first-order valence-corrected chi connectivity index (χ1v) is 5.97. The van der Waals surface area contributed by atoms with E-state index >= 15 is 0 Å². The Morgan fingerprint density at radius 3 is 2.22 bits per heavy atom. The standard InChI is InChI=1S/C12H23N3O2.ClH/c1-11(2,7-13)8-15(4)10(17)12(5-6-12)9(16)14-3;/h5-8,13H2,1-4H3,(H,14,16);1H. The quantitative estimate of drug-likeness (QED) is 0.714. The Morgan fingerprint density at radius 2 is 1.89 bits per heavy atom. The van der Waals surface area contributed by atoms with Gasteiger partial charge in [0, 0.05) is 20.6 Å². The molecule has 5 nitrogen and oxygen atoms in total. The third-order valence-electron chi connectivity index (χ3n) is 3.39. The van der Waals surface area contributed by atoms with Gasteiger partial charge >= 0.3 is 0 Å². The number of nitrogens with one attached hydrogen (secondary N) is 1. The van der Waals surface area contributed by atoms with Gasteiger partial charge in [-0.25, -0.2) is 0 Å². The molecule has 2 amide bonds. The van der Waals surface area contributed by atoms with Gasteiger partial charge in [-0.15, -0.1) is 12.4 Å². The first kappa shape index (κ1) is 17.2. The van der Waals surface area contributed by atoms with Crippen LogP contribution in [0.3, 0.4) is 0 Å². The molecule has 3 N–H and O–H groups in total. The van der Waals surface area contributed by atoms with E-state index in [2.05, 4.69) is 5.32 Å². The summed E-state index contributed by atoms with van der Waals surface area (Å²) in [6.45, 7) is 5.10. The number of nitrogens with zero attached hydrogens (tertiary/aromatic N) is 1. The van der Waals surface area contributed by atoms with Crippen molar-refractivity contribution in [2.45, 2.75) is 26.7 Å². The molecule has 0 saturated heterocycles. The third-order valence-corrected chi connectivity index (χ3v) is 3.39.